The molecule has 0 aliphatic carbocycles. The average molecular weight is 604 g/mol. The molecule has 1 amide bonds. The van der Waals surface area contributed by atoms with Gasteiger partial charge in [0.15, 0.2) is 5.82 Å². The van der Waals surface area contributed by atoms with E-state index in [4.69, 9.17) is 4.74 Å². The molecule has 2 N–H and O–H groups in total. The number of piperazine rings is 1. The summed E-state index contributed by atoms with van der Waals surface area (Å²) in [5.74, 6) is -0.236. The Hall–Kier alpha value is -3.50. The van der Waals surface area contributed by atoms with E-state index < -0.39 is 21.0 Å². The van der Waals surface area contributed by atoms with E-state index in [1.54, 1.807) is 4.57 Å². The van der Waals surface area contributed by atoms with Gasteiger partial charge in [0.25, 0.3) is 5.56 Å². The molecule has 2 aromatic heterocycles. The molecule has 1 fully saturated rings. The molecule has 0 radical (unpaired) electrons. The quantitative estimate of drug-likeness (QED) is 0.387. The highest BCUT2D eigenvalue weighted by molar-refractivity contribution is 8.45. The van der Waals surface area contributed by atoms with Crippen LogP contribution in [0.2, 0.25) is 0 Å². The van der Waals surface area contributed by atoms with Crippen LogP contribution in [0.5, 0.6) is 0 Å². The normalized spacial score (nSPS) is 18.4. The van der Waals surface area contributed by atoms with Crippen molar-refractivity contribution in [2.75, 3.05) is 49.6 Å². The topological polar surface area (TPSA) is 106 Å². The Kier molecular flexibility index (Phi) is 7.14. The third kappa shape index (κ3) is 6.23. The molecule has 0 atom stereocenters. The van der Waals surface area contributed by atoms with Gasteiger partial charge in [-0.3, -0.25) is 9.59 Å². The molecule has 4 heterocycles. The van der Waals surface area contributed by atoms with Crippen molar-refractivity contribution in [2.45, 2.75) is 37.6 Å². The maximum atomic E-state index is 13.7. The lowest BCUT2D eigenvalue weighted by Crippen LogP contribution is -2.47. The fraction of sp³-hybridized carbons (Fsp3) is 0.440. The highest BCUT2D eigenvalue weighted by Gasteiger charge is 2.65. The van der Waals surface area contributed by atoms with Crippen LogP contribution in [0.25, 0.3) is 11.4 Å². The monoisotopic (exact) mass is 603 g/mol. The van der Waals surface area contributed by atoms with Crippen molar-refractivity contribution in [3.8, 4) is 0 Å². The van der Waals surface area contributed by atoms with E-state index in [2.05, 4.69) is 20.7 Å². The second kappa shape index (κ2) is 10.1. The number of aromatic nitrogens is 4. The molecule has 0 spiro atoms. The Labute approximate surface area is 231 Å². The lowest BCUT2D eigenvalue weighted by Gasteiger charge is -2.40. The number of fused-ring (bicyclic) bond motifs is 1. The largest absolute Gasteiger partial charge is 0.377 e. The Balaban J connectivity index is 1.54. The number of carbonyl (C=O) groups excluding carboxylic acids is 1. The zero-order valence-corrected chi connectivity index (χ0v) is 23.0. The van der Waals surface area contributed by atoms with Gasteiger partial charge >= 0.3 is 10.2 Å². The van der Waals surface area contributed by atoms with Crippen LogP contribution in [0, 0.1) is 0 Å². The van der Waals surface area contributed by atoms with Gasteiger partial charge < -0.3 is 24.8 Å². The predicted molar refractivity (Wildman–Crippen MR) is 146 cm³/mol. The number of benzene rings is 1. The van der Waals surface area contributed by atoms with Crippen molar-refractivity contribution in [3.63, 3.8) is 0 Å². The SMILES string of the molecule is CCc1c(N2CCNCC2)c(=O)n2nc(C3=CCCCOC3)nc2n1CC(=O)Nc1ccc(S(F)(F)(F)(F)F)cc1. The number of hydrogen-bond acceptors (Lipinski definition) is 7. The maximum absolute atomic E-state index is 13.7. The van der Waals surface area contributed by atoms with Crippen molar-refractivity contribution in [2.24, 2.45) is 0 Å². The number of rotatable bonds is 7. The fourth-order valence-electron chi connectivity index (χ4n) is 4.95. The lowest BCUT2D eigenvalue weighted by molar-refractivity contribution is -0.116. The minimum absolute atomic E-state index is 0.0963. The number of hydrogen-bond donors (Lipinski definition) is 2. The van der Waals surface area contributed by atoms with E-state index >= 15 is 0 Å². The van der Waals surface area contributed by atoms with Gasteiger partial charge in [-0.2, -0.15) is 9.50 Å². The number of ether oxygens (including phenoxy) is 1. The van der Waals surface area contributed by atoms with Crippen molar-refractivity contribution < 1.29 is 29.0 Å². The molecule has 41 heavy (non-hydrogen) atoms. The van der Waals surface area contributed by atoms with Gasteiger partial charge in [-0.25, -0.2) is 0 Å². The Morgan fingerprint density at radius 3 is 2.49 bits per heavy atom. The van der Waals surface area contributed by atoms with Gasteiger partial charge in [-0.05, 0) is 43.5 Å². The van der Waals surface area contributed by atoms with Crippen LogP contribution >= 0.6 is 10.2 Å². The molecule has 16 heteroatoms. The first kappa shape index (κ1) is 29.0. The number of nitrogens with zero attached hydrogens (tertiary/aromatic N) is 5. The molecule has 3 aromatic rings. The van der Waals surface area contributed by atoms with Crippen molar-refractivity contribution in [1.82, 2.24) is 24.5 Å². The van der Waals surface area contributed by atoms with Crippen LogP contribution in [0.15, 0.2) is 40.0 Å². The number of carbonyl (C=O) groups is 1. The lowest BCUT2D eigenvalue weighted by atomic mass is 10.2. The molecule has 0 saturated carbocycles. The second-order valence-electron chi connectivity index (χ2n) is 9.89. The Bertz CT molecular complexity index is 1560. The molecule has 1 aromatic carbocycles. The van der Waals surface area contributed by atoms with E-state index in [1.165, 1.54) is 0 Å². The van der Waals surface area contributed by atoms with Crippen LogP contribution in [0.4, 0.5) is 30.8 Å². The minimum Gasteiger partial charge on any atom is -0.377 e. The summed E-state index contributed by atoms with van der Waals surface area (Å²) in [6, 6.07) is 2.02. The standard InChI is InChI=1S/C25H30F5N7O3S/c1-2-20-22(35-12-10-31-11-13-35)24(39)37-25(33-23(34-37)17-5-3-4-14-40-16-17)36(20)15-21(38)32-18-6-8-19(9-7-18)41(26,27,28,29)30/h5-9,31H,2-4,10-16H2,1H3,(H,32,38). The second-order valence-corrected chi connectivity index (χ2v) is 12.3. The molecule has 0 unspecified atom stereocenters. The van der Waals surface area contributed by atoms with E-state index in [-0.39, 0.29) is 42.3 Å². The first-order chi connectivity index (χ1) is 19.2. The highest BCUT2D eigenvalue weighted by Crippen LogP contribution is 3.02. The summed E-state index contributed by atoms with van der Waals surface area (Å²) in [6.07, 6.45) is 3.91. The molecule has 2 aliphatic rings. The zero-order chi connectivity index (χ0) is 29.5. The van der Waals surface area contributed by atoms with Crippen LogP contribution < -0.4 is 21.1 Å². The van der Waals surface area contributed by atoms with Crippen molar-refractivity contribution in [1.29, 1.82) is 0 Å². The minimum atomic E-state index is -9.84. The predicted octanol–water partition coefficient (Wildman–Crippen LogP) is 4.35. The summed E-state index contributed by atoms with van der Waals surface area (Å²) < 4.78 is 73.8. The Morgan fingerprint density at radius 1 is 1.12 bits per heavy atom. The van der Waals surface area contributed by atoms with Gasteiger partial charge in [0, 0.05) is 44.0 Å². The number of halogens is 5. The summed E-state index contributed by atoms with van der Waals surface area (Å²) in [6.45, 7) is 4.75. The molecule has 1 saturated heterocycles. The van der Waals surface area contributed by atoms with Gasteiger partial charge in [-0.1, -0.05) is 32.4 Å². The van der Waals surface area contributed by atoms with Gasteiger partial charge in [0.2, 0.25) is 11.7 Å². The molecular weight excluding hydrogens is 573 g/mol. The number of amides is 1. The summed E-state index contributed by atoms with van der Waals surface area (Å²) in [5.41, 5.74) is 1.17. The molecule has 0 bridgehead atoms. The van der Waals surface area contributed by atoms with Crippen LogP contribution in [-0.4, -0.2) is 64.5 Å². The summed E-state index contributed by atoms with van der Waals surface area (Å²) in [7, 11) is -9.84. The van der Waals surface area contributed by atoms with Gasteiger partial charge in [0.1, 0.15) is 17.1 Å². The Morgan fingerprint density at radius 2 is 1.83 bits per heavy atom. The third-order valence-corrected chi connectivity index (χ3v) is 8.07. The van der Waals surface area contributed by atoms with Crippen molar-refractivity contribution in [3.05, 3.63) is 52.2 Å². The van der Waals surface area contributed by atoms with Crippen LogP contribution in [0.1, 0.15) is 31.3 Å². The first-order valence-electron chi connectivity index (χ1n) is 13.1. The van der Waals surface area contributed by atoms with Crippen molar-refractivity contribution >= 4 is 38.9 Å². The zero-order valence-electron chi connectivity index (χ0n) is 22.2. The summed E-state index contributed by atoms with van der Waals surface area (Å²) >= 11 is 0. The number of allylic oxidation sites excluding steroid dienone is 1. The van der Waals surface area contributed by atoms with E-state index in [9.17, 15) is 29.0 Å². The molecule has 2 aliphatic heterocycles. The fourth-order valence-corrected chi connectivity index (χ4v) is 5.60. The summed E-state index contributed by atoms with van der Waals surface area (Å²) in [5, 5.41) is 10.2. The summed E-state index contributed by atoms with van der Waals surface area (Å²) in [4.78, 5) is 31.4. The molecule has 5 rings (SSSR count). The van der Waals surface area contributed by atoms with E-state index in [0.717, 1.165) is 29.5 Å². The van der Waals surface area contributed by atoms with Gasteiger partial charge in [-0.15, -0.1) is 5.10 Å². The van der Waals surface area contributed by atoms with Crippen LogP contribution in [0.3, 0.4) is 0 Å². The molecular formula is C25H30F5N7O3S. The maximum Gasteiger partial charge on any atom is 0.310 e. The van der Waals surface area contributed by atoms with Gasteiger partial charge in [0.05, 0.1) is 12.3 Å². The number of nitrogens with one attached hydrogen (secondary N) is 2. The third-order valence-electron chi connectivity index (χ3n) is 6.91. The smallest absolute Gasteiger partial charge is 0.310 e. The molecule has 224 valence electrons. The van der Waals surface area contributed by atoms with E-state index in [0.29, 0.717) is 62.0 Å². The molecule has 10 nitrogen and oxygen atoms in total. The highest BCUT2D eigenvalue weighted by atomic mass is 32.5. The van der Waals surface area contributed by atoms with Crippen LogP contribution in [-0.2, 0) is 22.5 Å². The number of anilines is 2. The average Bonchev–Trinajstić information content (AvgIpc) is 3.18. The first-order valence-corrected chi connectivity index (χ1v) is 15.1. The van der Waals surface area contributed by atoms with E-state index in [1.807, 2.05) is 17.9 Å².